The van der Waals surface area contributed by atoms with Crippen LogP contribution < -0.4 is 5.73 Å². The summed E-state index contributed by atoms with van der Waals surface area (Å²) in [6, 6.07) is 0. The van der Waals surface area contributed by atoms with Gasteiger partial charge in [0.2, 0.25) is 0 Å². The van der Waals surface area contributed by atoms with Crippen LogP contribution in [0, 0.1) is 0 Å². The molecule has 19 heavy (non-hydrogen) atoms. The van der Waals surface area contributed by atoms with Crippen molar-refractivity contribution in [2.24, 2.45) is 0 Å². The van der Waals surface area contributed by atoms with Crippen molar-refractivity contribution in [1.82, 2.24) is 9.55 Å². The molecule has 0 bridgehead atoms. The van der Waals surface area contributed by atoms with Gasteiger partial charge in [-0.05, 0) is 13.3 Å². The minimum absolute atomic E-state index is 0.259. The molecule has 1 rings (SSSR count). The zero-order chi connectivity index (χ0) is 14.3. The van der Waals surface area contributed by atoms with E-state index in [1.165, 1.54) is 19.3 Å². The SMILES string of the molecule is CCCCCCn1c(CC)nc(C(=O)OCC)c1N. The summed E-state index contributed by atoms with van der Waals surface area (Å²) in [4.78, 5) is 16.1. The van der Waals surface area contributed by atoms with Crippen LogP contribution in [-0.4, -0.2) is 22.1 Å². The first kappa shape index (κ1) is 15.5. The number of esters is 1. The van der Waals surface area contributed by atoms with E-state index in [-0.39, 0.29) is 5.69 Å². The quantitative estimate of drug-likeness (QED) is 0.581. The number of nitrogens with two attached hydrogens (primary N) is 1. The van der Waals surface area contributed by atoms with E-state index in [1.807, 2.05) is 11.5 Å². The van der Waals surface area contributed by atoms with Crippen LogP contribution >= 0.6 is 0 Å². The number of hydrogen-bond donors (Lipinski definition) is 1. The van der Waals surface area contributed by atoms with Gasteiger partial charge in [0.1, 0.15) is 11.6 Å². The fourth-order valence-corrected chi connectivity index (χ4v) is 2.08. The number of aromatic nitrogens is 2. The topological polar surface area (TPSA) is 70.1 Å². The second-order valence-corrected chi connectivity index (χ2v) is 4.55. The maximum absolute atomic E-state index is 11.7. The Labute approximate surface area is 115 Å². The Balaban J connectivity index is 2.81. The number of imidazole rings is 1. The van der Waals surface area contributed by atoms with Crippen LogP contribution in [-0.2, 0) is 17.7 Å². The number of carbonyl (C=O) groups is 1. The van der Waals surface area contributed by atoms with Crippen molar-refractivity contribution in [1.29, 1.82) is 0 Å². The summed E-state index contributed by atoms with van der Waals surface area (Å²) in [6.07, 6.45) is 5.42. The molecule has 0 amide bonds. The second kappa shape index (κ2) is 7.81. The van der Waals surface area contributed by atoms with Gasteiger partial charge >= 0.3 is 5.97 Å². The lowest BCUT2D eigenvalue weighted by Gasteiger charge is -2.08. The Bertz CT molecular complexity index is 413. The number of hydrogen-bond acceptors (Lipinski definition) is 4. The third kappa shape index (κ3) is 3.98. The Morgan fingerprint density at radius 3 is 2.58 bits per heavy atom. The maximum Gasteiger partial charge on any atom is 0.360 e. The summed E-state index contributed by atoms with van der Waals surface area (Å²) in [5, 5.41) is 0. The van der Waals surface area contributed by atoms with Gasteiger partial charge in [-0.15, -0.1) is 0 Å². The molecule has 0 aliphatic rings. The molecule has 0 radical (unpaired) electrons. The third-order valence-corrected chi connectivity index (χ3v) is 3.11. The molecule has 0 fully saturated rings. The highest BCUT2D eigenvalue weighted by Gasteiger charge is 2.20. The maximum atomic E-state index is 11.7. The highest BCUT2D eigenvalue weighted by atomic mass is 16.5. The van der Waals surface area contributed by atoms with Crippen molar-refractivity contribution < 1.29 is 9.53 Å². The van der Waals surface area contributed by atoms with Gasteiger partial charge in [-0.1, -0.05) is 33.1 Å². The number of carbonyl (C=O) groups excluding carboxylic acids is 1. The molecule has 0 aliphatic carbocycles. The van der Waals surface area contributed by atoms with E-state index in [0.717, 1.165) is 25.2 Å². The van der Waals surface area contributed by atoms with E-state index in [9.17, 15) is 4.79 Å². The molecule has 2 N–H and O–H groups in total. The van der Waals surface area contributed by atoms with Crippen LogP contribution in [0.5, 0.6) is 0 Å². The number of aryl methyl sites for hydroxylation is 1. The van der Waals surface area contributed by atoms with Crippen LogP contribution in [0.1, 0.15) is 62.8 Å². The van der Waals surface area contributed by atoms with Crippen molar-refractivity contribution in [2.45, 2.75) is 59.4 Å². The highest BCUT2D eigenvalue weighted by molar-refractivity contribution is 5.92. The average Bonchev–Trinajstić information content (AvgIpc) is 2.72. The predicted molar refractivity (Wildman–Crippen MR) is 76.1 cm³/mol. The Morgan fingerprint density at radius 2 is 2.00 bits per heavy atom. The zero-order valence-electron chi connectivity index (χ0n) is 12.2. The number of nitrogens with zero attached hydrogens (tertiary/aromatic N) is 2. The van der Waals surface area contributed by atoms with Gasteiger partial charge in [0.25, 0.3) is 0 Å². The van der Waals surface area contributed by atoms with Crippen LogP contribution in [0.4, 0.5) is 5.82 Å². The van der Waals surface area contributed by atoms with Crippen molar-refractivity contribution in [3.05, 3.63) is 11.5 Å². The van der Waals surface area contributed by atoms with Crippen LogP contribution in [0.3, 0.4) is 0 Å². The molecule has 1 heterocycles. The molecule has 1 aromatic rings. The summed E-state index contributed by atoms with van der Waals surface area (Å²) in [7, 11) is 0. The smallest absolute Gasteiger partial charge is 0.360 e. The monoisotopic (exact) mass is 267 g/mol. The van der Waals surface area contributed by atoms with E-state index in [4.69, 9.17) is 10.5 Å². The van der Waals surface area contributed by atoms with E-state index in [0.29, 0.717) is 12.4 Å². The largest absolute Gasteiger partial charge is 0.461 e. The van der Waals surface area contributed by atoms with E-state index >= 15 is 0 Å². The number of nitrogen functional groups attached to an aromatic ring is 1. The lowest BCUT2D eigenvalue weighted by Crippen LogP contribution is -2.10. The molecule has 0 spiro atoms. The molecule has 0 saturated carbocycles. The Morgan fingerprint density at radius 1 is 1.26 bits per heavy atom. The van der Waals surface area contributed by atoms with Crippen LogP contribution in [0.15, 0.2) is 0 Å². The van der Waals surface area contributed by atoms with E-state index < -0.39 is 5.97 Å². The van der Waals surface area contributed by atoms with Gasteiger partial charge in [0.05, 0.1) is 6.61 Å². The first-order valence-electron chi connectivity index (χ1n) is 7.17. The molecule has 5 nitrogen and oxygen atoms in total. The normalized spacial score (nSPS) is 10.7. The summed E-state index contributed by atoms with van der Waals surface area (Å²) >= 11 is 0. The first-order chi connectivity index (χ1) is 9.15. The van der Waals surface area contributed by atoms with Gasteiger partial charge in [0, 0.05) is 13.0 Å². The minimum Gasteiger partial charge on any atom is -0.461 e. The summed E-state index contributed by atoms with van der Waals surface area (Å²) < 4.78 is 6.92. The van der Waals surface area contributed by atoms with E-state index in [1.54, 1.807) is 6.92 Å². The first-order valence-corrected chi connectivity index (χ1v) is 7.17. The average molecular weight is 267 g/mol. The molecule has 0 aromatic carbocycles. The Hall–Kier alpha value is -1.52. The lowest BCUT2D eigenvalue weighted by atomic mass is 10.2. The van der Waals surface area contributed by atoms with Crippen molar-refractivity contribution in [2.75, 3.05) is 12.3 Å². The highest BCUT2D eigenvalue weighted by Crippen LogP contribution is 2.18. The van der Waals surface area contributed by atoms with Gasteiger partial charge in [-0.25, -0.2) is 9.78 Å². The molecular weight excluding hydrogens is 242 g/mol. The molecule has 0 atom stereocenters. The number of rotatable bonds is 8. The van der Waals surface area contributed by atoms with Crippen molar-refractivity contribution >= 4 is 11.8 Å². The number of unbranched alkanes of at least 4 members (excludes halogenated alkanes) is 3. The predicted octanol–water partition coefficient (Wildman–Crippen LogP) is 2.78. The zero-order valence-corrected chi connectivity index (χ0v) is 12.2. The van der Waals surface area contributed by atoms with Crippen molar-refractivity contribution in [3.63, 3.8) is 0 Å². The molecule has 5 heteroatoms. The summed E-state index contributed by atoms with van der Waals surface area (Å²) in [5.74, 6) is 0.867. The molecule has 0 unspecified atom stereocenters. The minimum atomic E-state index is -0.429. The molecule has 108 valence electrons. The van der Waals surface area contributed by atoms with Crippen molar-refractivity contribution in [3.8, 4) is 0 Å². The van der Waals surface area contributed by atoms with Gasteiger partial charge in [0.15, 0.2) is 5.69 Å². The van der Waals surface area contributed by atoms with Crippen LogP contribution in [0.25, 0.3) is 0 Å². The van der Waals surface area contributed by atoms with Crippen LogP contribution in [0.2, 0.25) is 0 Å². The number of ether oxygens (including phenoxy) is 1. The standard InChI is InChI=1S/C14H25N3O2/c1-4-7-8-9-10-17-11(5-2)16-12(13(17)15)14(18)19-6-3/h4-10,15H2,1-3H3. The lowest BCUT2D eigenvalue weighted by molar-refractivity contribution is 0.0521. The van der Waals surface area contributed by atoms with Gasteiger partial charge in [-0.3, -0.25) is 0 Å². The number of anilines is 1. The fraction of sp³-hybridized carbons (Fsp3) is 0.714. The Kier molecular flexibility index (Phi) is 6.39. The van der Waals surface area contributed by atoms with Gasteiger partial charge in [-0.2, -0.15) is 0 Å². The molecule has 0 saturated heterocycles. The second-order valence-electron chi connectivity index (χ2n) is 4.55. The molecule has 0 aliphatic heterocycles. The molecule has 1 aromatic heterocycles. The van der Waals surface area contributed by atoms with E-state index in [2.05, 4.69) is 11.9 Å². The molecular formula is C14H25N3O2. The van der Waals surface area contributed by atoms with Gasteiger partial charge < -0.3 is 15.0 Å². The summed E-state index contributed by atoms with van der Waals surface area (Å²) in [6.45, 7) is 7.13. The summed E-state index contributed by atoms with van der Waals surface area (Å²) in [5.41, 5.74) is 6.28. The fourth-order valence-electron chi connectivity index (χ4n) is 2.08. The third-order valence-electron chi connectivity index (χ3n) is 3.11.